The highest BCUT2D eigenvalue weighted by Gasteiger charge is 2.10. The summed E-state index contributed by atoms with van der Waals surface area (Å²) in [5, 5.41) is 3.01. The van der Waals surface area contributed by atoms with Crippen LogP contribution in [-0.4, -0.2) is 27.0 Å². The molecule has 4 aromatic rings. The molecule has 0 spiro atoms. The van der Waals surface area contributed by atoms with Crippen LogP contribution in [0.2, 0.25) is 0 Å². The van der Waals surface area contributed by atoms with Gasteiger partial charge in [-0.3, -0.25) is 9.36 Å². The van der Waals surface area contributed by atoms with Crippen LogP contribution < -0.4 is 5.32 Å². The van der Waals surface area contributed by atoms with E-state index in [0.29, 0.717) is 12.1 Å². The Hall–Kier alpha value is -3.47. The zero-order chi connectivity index (χ0) is 18.6. The van der Waals surface area contributed by atoms with Gasteiger partial charge < -0.3 is 5.32 Å². The average Bonchev–Trinajstić information content (AvgIpc) is 3.16. The van der Waals surface area contributed by atoms with E-state index in [9.17, 15) is 4.79 Å². The van der Waals surface area contributed by atoms with Crippen molar-refractivity contribution in [2.45, 2.75) is 12.8 Å². The Morgan fingerprint density at radius 1 is 1.00 bits per heavy atom. The van der Waals surface area contributed by atoms with Crippen LogP contribution in [0.1, 0.15) is 28.8 Å². The van der Waals surface area contributed by atoms with E-state index in [1.54, 1.807) is 12.5 Å². The number of rotatable bonds is 5. The minimum Gasteiger partial charge on any atom is -0.351 e. The molecule has 0 fully saturated rings. The van der Waals surface area contributed by atoms with Gasteiger partial charge in [0.1, 0.15) is 11.8 Å². The second-order valence-corrected chi connectivity index (χ2v) is 6.53. The minimum atomic E-state index is -0.0713. The number of benzene rings is 2. The number of hydrogen-bond donors (Lipinski definition) is 1. The molecule has 1 amide bonds. The second-order valence-electron chi connectivity index (χ2n) is 6.53. The van der Waals surface area contributed by atoms with Gasteiger partial charge in [-0.15, -0.1) is 0 Å². The molecule has 0 saturated heterocycles. The molecule has 2 aromatic carbocycles. The van der Waals surface area contributed by atoms with Crippen LogP contribution in [0.3, 0.4) is 0 Å². The Bertz CT molecular complexity index is 1050. The molecule has 0 aliphatic heterocycles. The van der Waals surface area contributed by atoms with Crippen molar-refractivity contribution < 1.29 is 4.79 Å². The number of aromatic nitrogens is 3. The number of amides is 1. The smallest absolute Gasteiger partial charge is 0.251 e. The van der Waals surface area contributed by atoms with Gasteiger partial charge in [-0.2, -0.15) is 0 Å². The van der Waals surface area contributed by atoms with Gasteiger partial charge in [0.25, 0.3) is 5.91 Å². The molecule has 0 radical (unpaired) electrons. The van der Waals surface area contributed by atoms with Crippen molar-refractivity contribution in [2.24, 2.45) is 0 Å². The number of hydrogen-bond acceptors (Lipinski definition) is 3. The molecule has 1 atom stereocenters. The van der Waals surface area contributed by atoms with E-state index < -0.39 is 0 Å². The predicted octanol–water partition coefficient (Wildman–Crippen LogP) is 3.95. The van der Waals surface area contributed by atoms with Crippen LogP contribution >= 0.6 is 0 Å². The van der Waals surface area contributed by atoms with E-state index in [0.717, 1.165) is 16.9 Å². The van der Waals surface area contributed by atoms with Gasteiger partial charge in [-0.25, -0.2) is 9.97 Å². The molecule has 0 unspecified atom stereocenters. The van der Waals surface area contributed by atoms with Gasteiger partial charge in [0, 0.05) is 24.0 Å². The fourth-order valence-electron chi connectivity index (χ4n) is 3.06. The zero-order valence-electron chi connectivity index (χ0n) is 15.0. The van der Waals surface area contributed by atoms with E-state index in [1.165, 1.54) is 5.56 Å². The Balaban J connectivity index is 1.45. The standard InChI is InChI=1S/C22H20N4O/c1-16(17-6-3-2-4-7-17)14-24-22(27)18-9-11-19(12-10-18)26-15-25-20-8-5-13-23-21(20)26/h2-13,15-16H,14H2,1H3,(H,24,27)/t16-/m0/s1. The van der Waals surface area contributed by atoms with Crippen LogP contribution in [0.4, 0.5) is 0 Å². The van der Waals surface area contributed by atoms with E-state index >= 15 is 0 Å². The van der Waals surface area contributed by atoms with Crippen LogP contribution in [0.15, 0.2) is 79.3 Å². The van der Waals surface area contributed by atoms with Crippen molar-refractivity contribution in [3.63, 3.8) is 0 Å². The lowest BCUT2D eigenvalue weighted by atomic mass is 10.0. The Morgan fingerprint density at radius 3 is 2.56 bits per heavy atom. The molecule has 4 rings (SSSR count). The summed E-state index contributed by atoms with van der Waals surface area (Å²) in [6.07, 6.45) is 3.49. The maximum absolute atomic E-state index is 12.4. The molecular weight excluding hydrogens is 336 g/mol. The summed E-state index contributed by atoms with van der Waals surface area (Å²) in [4.78, 5) is 21.2. The van der Waals surface area contributed by atoms with E-state index in [1.807, 2.05) is 59.2 Å². The van der Waals surface area contributed by atoms with Gasteiger partial charge >= 0.3 is 0 Å². The number of pyridine rings is 1. The molecule has 0 saturated carbocycles. The topological polar surface area (TPSA) is 59.8 Å². The van der Waals surface area contributed by atoms with Gasteiger partial charge in [0.15, 0.2) is 5.65 Å². The van der Waals surface area contributed by atoms with Crippen LogP contribution in [0.5, 0.6) is 0 Å². The van der Waals surface area contributed by atoms with Crippen molar-refractivity contribution in [2.75, 3.05) is 6.54 Å². The molecule has 134 valence electrons. The fraction of sp³-hybridized carbons (Fsp3) is 0.136. The highest BCUT2D eigenvalue weighted by Crippen LogP contribution is 2.17. The molecule has 0 bridgehead atoms. The van der Waals surface area contributed by atoms with Gasteiger partial charge in [0.2, 0.25) is 0 Å². The van der Waals surface area contributed by atoms with Gasteiger partial charge in [-0.05, 0) is 47.9 Å². The third-order valence-corrected chi connectivity index (χ3v) is 4.65. The number of nitrogens with one attached hydrogen (secondary N) is 1. The van der Waals surface area contributed by atoms with Crippen LogP contribution in [0, 0.1) is 0 Å². The maximum Gasteiger partial charge on any atom is 0.251 e. The number of carbonyl (C=O) groups is 1. The summed E-state index contributed by atoms with van der Waals surface area (Å²) >= 11 is 0. The van der Waals surface area contributed by atoms with Crippen LogP contribution in [-0.2, 0) is 0 Å². The average molecular weight is 356 g/mol. The van der Waals surface area contributed by atoms with Crippen molar-refractivity contribution >= 4 is 17.1 Å². The SMILES string of the molecule is C[C@@H](CNC(=O)c1ccc(-n2cnc3cccnc32)cc1)c1ccccc1. The first-order chi connectivity index (χ1) is 13.2. The Kier molecular flexibility index (Phi) is 4.66. The summed E-state index contributed by atoms with van der Waals surface area (Å²) in [6, 6.07) is 21.4. The molecular formula is C22H20N4O. The number of imidazole rings is 1. The second kappa shape index (κ2) is 7.41. The molecule has 2 heterocycles. The zero-order valence-corrected chi connectivity index (χ0v) is 15.0. The molecule has 27 heavy (non-hydrogen) atoms. The molecule has 2 aromatic heterocycles. The van der Waals surface area contributed by atoms with E-state index in [-0.39, 0.29) is 11.8 Å². The lowest BCUT2D eigenvalue weighted by molar-refractivity contribution is 0.0951. The van der Waals surface area contributed by atoms with Gasteiger partial charge in [0.05, 0.1) is 0 Å². The van der Waals surface area contributed by atoms with Gasteiger partial charge in [-0.1, -0.05) is 37.3 Å². The summed E-state index contributed by atoms with van der Waals surface area (Å²) in [7, 11) is 0. The summed E-state index contributed by atoms with van der Waals surface area (Å²) in [6.45, 7) is 2.70. The van der Waals surface area contributed by atoms with Crippen molar-refractivity contribution in [1.29, 1.82) is 0 Å². The monoisotopic (exact) mass is 356 g/mol. The lowest BCUT2D eigenvalue weighted by Crippen LogP contribution is -2.27. The Labute approximate surface area is 157 Å². The highest BCUT2D eigenvalue weighted by atomic mass is 16.1. The number of fused-ring (bicyclic) bond motifs is 1. The predicted molar refractivity (Wildman–Crippen MR) is 106 cm³/mol. The van der Waals surface area contributed by atoms with Crippen molar-refractivity contribution in [3.8, 4) is 5.69 Å². The first-order valence-electron chi connectivity index (χ1n) is 8.94. The summed E-state index contributed by atoms with van der Waals surface area (Å²) < 4.78 is 1.91. The fourth-order valence-corrected chi connectivity index (χ4v) is 3.06. The highest BCUT2D eigenvalue weighted by molar-refractivity contribution is 5.94. The van der Waals surface area contributed by atoms with Crippen molar-refractivity contribution in [1.82, 2.24) is 19.9 Å². The third-order valence-electron chi connectivity index (χ3n) is 4.65. The summed E-state index contributed by atoms with van der Waals surface area (Å²) in [5.74, 6) is 0.191. The number of carbonyl (C=O) groups excluding carboxylic acids is 1. The summed E-state index contributed by atoms with van der Waals surface area (Å²) in [5.41, 5.74) is 4.41. The molecule has 0 aliphatic carbocycles. The van der Waals surface area contributed by atoms with Crippen LogP contribution in [0.25, 0.3) is 16.9 Å². The van der Waals surface area contributed by atoms with E-state index in [2.05, 4.69) is 34.3 Å². The van der Waals surface area contributed by atoms with Crippen molar-refractivity contribution in [3.05, 3.63) is 90.4 Å². The normalized spacial score (nSPS) is 12.0. The third kappa shape index (κ3) is 3.58. The molecule has 5 nitrogen and oxygen atoms in total. The maximum atomic E-state index is 12.4. The molecule has 5 heteroatoms. The lowest BCUT2D eigenvalue weighted by Gasteiger charge is -2.13. The first kappa shape index (κ1) is 17.0. The minimum absolute atomic E-state index is 0.0713. The largest absolute Gasteiger partial charge is 0.351 e. The first-order valence-corrected chi connectivity index (χ1v) is 8.94. The number of nitrogens with zero attached hydrogens (tertiary/aromatic N) is 3. The molecule has 1 N–H and O–H groups in total. The Morgan fingerprint density at radius 2 is 1.78 bits per heavy atom. The van der Waals surface area contributed by atoms with E-state index in [4.69, 9.17) is 0 Å². The quantitative estimate of drug-likeness (QED) is 0.589. The molecule has 0 aliphatic rings.